The number of fused-ring (bicyclic) bond motifs is 3. The van der Waals surface area contributed by atoms with E-state index in [1.807, 2.05) is 0 Å². The molecule has 1 heterocycles. The number of anilines is 1. The minimum atomic E-state index is -4.69. The fraction of sp³-hybridized carbons (Fsp3) is 0.405. The maximum atomic E-state index is 14.8. The van der Waals surface area contributed by atoms with Gasteiger partial charge < -0.3 is 36.1 Å². The second-order valence-electron chi connectivity index (χ2n) is 14.8. The number of aromatic carboxylic acids is 1. The van der Waals surface area contributed by atoms with Crippen LogP contribution in [-0.4, -0.2) is 64.4 Å². The van der Waals surface area contributed by atoms with Crippen LogP contribution < -0.4 is 26.0 Å². The Morgan fingerprint density at radius 2 is 1.59 bits per heavy atom. The third kappa shape index (κ3) is 9.27. The van der Waals surface area contributed by atoms with E-state index in [-0.39, 0.29) is 59.2 Å². The lowest BCUT2D eigenvalue weighted by molar-refractivity contribution is -0.138. The minimum absolute atomic E-state index is 0.0245. The zero-order chi connectivity index (χ0) is 42.5. The van der Waals surface area contributed by atoms with Crippen LogP contribution in [0.4, 0.5) is 23.2 Å². The molecule has 0 saturated carbocycles. The zero-order valence-corrected chi connectivity index (χ0v) is 32.7. The highest BCUT2D eigenvalue weighted by Crippen LogP contribution is 2.40. The van der Waals surface area contributed by atoms with Gasteiger partial charge in [0.2, 0.25) is 23.6 Å². The van der Waals surface area contributed by atoms with Crippen molar-refractivity contribution in [2.45, 2.75) is 90.0 Å². The average Bonchev–Trinajstić information content (AvgIpc) is 3.56. The van der Waals surface area contributed by atoms with Gasteiger partial charge in [-0.2, -0.15) is 13.2 Å². The Morgan fingerprint density at radius 1 is 0.914 bits per heavy atom. The van der Waals surface area contributed by atoms with E-state index in [4.69, 9.17) is 4.74 Å². The molecule has 0 radical (unpaired) electrons. The van der Waals surface area contributed by atoms with Gasteiger partial charge in [-0.05, 0) is 66.1 Å². The van der Waals surface area contributed by atoms with Crippen molar-refractivity contribution in [3.63, 3.8) is 0 Å². The Bertz CT molecular complexity index is 2210. The number of carboxylic acids is 1. The summed E-state index contributed by atoms with van der Waals surface area (Å²) < 4.78 is 61.9. The highest BCUT2D eigenvalue weighted by atomic mass is 19.4. The Morgan fingerprint density at radius 3 is 2.21 bits per heavy atom. The van der Waals surface area contributed by atoms with Gasteiger partial charge in [0.1, 0.15) is 29.2 Å². The lowest BCUT2D eigenvalue weighted by Crippen LogP contribution is -2.67. The predicted molar refractivity (Wildman–Crippen MR) is 208 cm³/mol. The van der Waals surface area contributed by atoms with Gasteiger partial charge in [-0.15, -0.1) is 0 Å². The average molecular weight is 810 g/mol. The summed E-state index contributed by atoms with van der Waals surface area (Å²) in [5, 5.41) is 21.0. The summed E-state index contributed by atoms with van der Waals surface area (Å²) in [7, 11) is 1.35. The van der Waals surface area contributed by atoms with E-state index in [1.165, 1.54) is 55.6 Å². The Balaban J connectivity index is 1.53. The van der Waals surface area contributed by atoms with Gasteiger partial charge in [-0.1, -0.05) is 70.9 Å². The second kappa shape index (κ2) is 17.7. The van der Waals surface area contributed by atoms with Crippen molar-refractivity contribution in [2.24, 2.45) is 11.8 Å². The number of nitrogens with one attached hydrogen (secondary N) is 5. The van der Waals surface area contributed by atoms with Crippen LogP contribution in [0.2, 0.25) is 0 Å². The third-order valence-electron chi connectivity index (χ3n) is 11.0. The van der Waals surface area contributed by atoms with Crippen molar-refractivity contribution in [1.82, 2.24) is 20.9 Å². The van der Waals surface area contributed by atoms with Gasteiger partial charge in [-0.3, -0.25) is 19.2 Å². The lowest BCUT2D eigenvalue weighted by atomic mass is 9.78. The number of hydrogen-bond acceptors (Lipinski definition) is 6. The van der Waals surface area contributed by atoms with E-state index in [2.05, 4.69) is 26.3 Å². The molecule has 0 aliphatic heterocycles. The number of halogens is 4. The first-order valence-corrected chi connectivity index (χ1v) is 19.0. The molecular formula is C42H47F4N5O7. The summed E-state index contributed by atoms with van der Waals surface area (Å²) in [5.74, 6) is -5.73. The molecule has 1 aliphatic rings. The summed E-state index contributed by atoms with van der Waals surface area (Å²) >= 11 is 0. The molecule has 0 fully saturated rings. The van der Waals surface area contributed by atoms with Crippen molar-refractivity contribution in [3.8, 4) is 5.75 Å². The molecule has 12 nitrogen and oxygen atoms in total. The molecule has 0 bridgehead atoms. The molecule has 5 rings (SSSR count). The lowest BCUT2D eigenvalue weighted by Gasteiger charge is -2.39. The molecule has 5 atom stereocenters. The van der Waals surface area contributed by atoms with Crippen LogP contribution >= 0.6 is 0 Å². The van der Waals surface area contributed by atoms with Crippen LogP contribution in [-0.2, 0) is 44.6 Å². The van der Waals surface area contributed by atoms with Crippen LogP contribution in [0, 0.1) is 17.7 Å². The highest BCUT2D eigenvalue weighted by Gasteiger charge is 2.47. The largest absolute Gasteiger partial charge is 0.497 e. The van der Waals surface area contributed by atoms with Crippen LogP contribution in [0.5, 0.6) is 5.75 Å². The van der Waals surface area contributed by atoms with Crippen molar-refractivity contribution < 1.29 is 51.4 Å². The number of carbonyl (C=O) groups excluding carboxylic acids is 4. The number of hydrogen-bond donors (Lipinski definition) is 6. The highest BCUT2D eigenvalue weighted by molar-refractivity contribution is 6.05. The number of rotatable bonds is 15. The number of methoxy groups -OCH3 is 1. The number of carboxylic acid groups (broad SMARTS) is 1. The Hall–Kier alpha value is -5.93. The van der Waals surface area contributed by atoms with E-state index in [0.29, 0.717) is 24.1 Å². The minimum Gasteiger partial charge on any atom is -0.497 e. The molecule has 16 heteroatoms. The molecule has 6 N–H and O–H groups in total. The number of alkyl halides is 3. The molecule has 1 aromatic heterocycles. The first kappa shape index (κ1) is 43.2. The summed E-state index contributed by atoms with van der Waals surface area (Å²) in [5.41, 5.74) is -2.35. The Kier molecular flexibility index (Phi) is 13.2. The number of aryl methyl sites for hydroxylation is 1. The standard InChI is InChI=1S/C42H47F4N5O7/c1-6-22(3)34(37(53)48-31-16-15-25(58-5)20-27(31)39(55)56)50-40(57)41(18-17-32-28(21-41)26-12-10-13-29(36(26)47-32)42(44,45)46)51-38(54)35(23(4)7-2)49-33(52)19-24-11-8-9-14-30(24)43/h8-16,20,22-23,34-35,47H,6-7,17-19,21H2,1-5H3,(H,48,53)(H,49,52)(H,50,57)(H,51,54)(H,55,56)/t22?,23?,34-,35-,41+/m0/s1. The number of para-hydroxylation sites is 1. The van der Waals surface area contributed by atoms with Crippen molar-refractivity contribution in [3.05, 3.63) is 94.4 Å². The topological polar surface area (TPSA) is 179 Å². The van der Waals surface area contributed by atoms with E-state index >= 15 is 0 Å². The van der Waals surface area contributed by atoms with Crippen LogP contribution in [0.25, 0.3) is 10.9 Å². The molecule has 2 unspecified atom stereocenters. The number of benzene rings is 3. The molecule has 1 aliphatic carbocycles. The number of ether oxygens (including phenoxy) is 1. The molecular weight excluding hydrogens is 762 g/mol. The van der Waals surface area contributed by atoms with Gasteiger partial charge in [0.25, 0.3) is 0 Å². The summed E-state index contributed by atoms with van der Waals surface area (Å²) in [6, 6.07) is 10.9. The summed E-state index contributed by atoms with van der Waals surface area (Å²) in [6.07, 6.45) is -4.65. The van der Waals surface area contributed by atoms with Crippen molar-refractivity contribution >= 4 is 46.2 Å². The number of H-pyrrole nitrogens is 1. The van der Waals surface area contributed by atoms with Gasteiger partial charge >= 0.3 is 12.1 Å². The first-order valence-electron chi connectivity index (χ1n) is 19.0. The van der Waals surface area contributed by atoms with E-state index < -0.39 is 76.6 Å². The number of aromatic amines is 1. The summed E-state index contributed by atoms with van der Waals surface area (Å²) in [4.78, 5) is 71.4. The van der Waals surface area contributed by atoms with Gasteiger partial charge in [0.05, 0.1) is 35.9 Å². The van der Waals surface area contributed by atoms with Crippen molar-refractivity contribution in [1.29, 1.82) is 0 Å². The van der Waals surface area contributed by atoms with Crippen molar-refractivity contribution in [2.75, 3.05) is 12.4 Å². The quantitative estimate of drug-likeness (QED) is 0.0761. The molecule has 58 heavy (non-hydrogen) atoms. The van der Waals surface area contributed by atoms with E-state index in [1.54, 1.807) is 33.8 Å². The predicted octanol–water partition coefficient (Wildman–Crippen LogP) is 6.32. The maximum Gasteiger partial charge on any atom is 0.418 e. The number of carbonyl (C=O) groups is 5. The SMILES string of the molecule is CCC(C)[C@H](NC(=O)Cc1ccccc1F)C(=O)N[C@]1(C(=O)N[C@H](C(=O)Nc2ccc(OC)cc2C(=O)O)C(C)CC)CCc2[nH]c3c(C(F)(F)F)cccc3c2C1. The van der Waals surface area contributed by atoms with E-state index in [9.17, 15) is 46.6 Å². The fourth-order valence-electron chi connectivity index (χ4n) is 7.25. The van der Waals surface area contributed by atoms with Crippen LogP contribution in [0.3, 0.4) is 0 Å². The maximum absolute atomic E-state index is 14.8. The van der Waals surface area contributed by atoms with Gasteiger partial charge in [0.15, 0.2) is 0 Å². The second-order valence-corrected chi connectivity index (χ2v) is 14.8. The molecule has 3 aromatic carbocycles. The van der Waals surface area contributed by atoms with Crippen LogP contribution in [0.15, 0.2) is 60.7 Å². The molecule has 0 saturated heterocycles. The number of aromatic nitrogens is 1. The molecule has 0 spiro atoms. The molecule has 310 valence electrons. The Labute approximate surface area is 332 Å². The first-order chi connectivity index (χ1) is 27.4. The van der Waals surface area contributed by atoms with Crippen LogP contribution in [0.1, 0.15) is 79.7 Å². The fourth-order valence-corrected chi connectivity index (χ4v) is 7.25. The smallest absolute Gasteiger partial charge is 0.418 e. The number of amides is 4. The van der Waals surface area contributed by atoms with Gasteiger partial charge in [-0.25, -0.2) is 9.18 Å². The summed E-state index contributed by atoms with van der Waals surface area (Å²) in [6.45, 7) is 6.98. The normalized spacial score (nSPS) is 17.3. The third-order valence-corrected chi connectivity index (χ3v) is 11.0. The van der Waals surface area contributed by atoms with E-state index in [0.717, 1.165) is 6.07 Å². The molecule has 4 amide bonds. The van der Waals surface area contributed by atoms with Gasteiger partial charge in [0, 0.05) is 17.5 Å². The molecule has 4 aromatic rings. The zero-order valence-electron chi connectivity index (χ0n) is 32.7. The monoisotopic (exact) mass is 809 g/mol.